The number of aliphatic imine (C=N–C) groups is 1. The van der Waals surface area contributed by atoms with E-state index >= 15 is 0 Å². The molecule has 0 saturated carbocycles. The minimum atomic E-state index is -0.0772. The largest absolute Gasteiger partial charge is 0.469 e. The van der Waals surface area contributed by atoms with Gasteiger partial charge in [0.2, 0.25) is 0 Å². The third-order valence-electron chi connectivity index (χ3n) is 4.58. The highest BCUT2D eigenvalue weighted by atomic mass is 16.5. The first-order chi connectivity index (χ1) is 10.1. The molecule has 6 nitrogen and oxygen atoms in total. The van der Waals surface area contributed by atoms with Gasteiger partial charge in [0.05, 0.1) is 13.0 Å². The van der Waals surface area contributed by atoms with Crippen molar-refractivity contribution in [2.45, 2.75) is 19.3 Å². The fourth-order valence-electron chi connectivity index (χ4n) is 3.25. The van der Waals surface area contributed by atoms with Crippen molar-refractivity contribution in [3.05, 3.63) is 0 Å². The maximum Gasteiger partial charge on any atom is 0.308 e. The number of rotatable bonds is 3. The molecule has 6 heteroatoms. The van der Waals surface area contributed by atoms with Gasteiger partial charge in [0, 0.05) is 33.2 Å². The van der Waals surface area contributed by atoms with E-state index in [1.165, 1.54) is 20.1 Å². The quantitative estimate of drug-likeness (QED) is 0.464. The molecule has 21 heavy (non-hydrogen) atoms. The first-order valence-corrected chi connectivity index (χ1v) is 7.86. The highest BCUT2D eigenvalue weighted by Crippen LogP contribution is 2.19. The Labute approximate surface area is 127 Å². The van der Waals surface area contributed by atoms with Crippen molar-refractivity contribution in [3.8, 4) is 0 Å². The molecule has 0 aromatic carbocycles. The van der Waals surface area contributed by atoms with E-state index in [-0.39, 0.29) is 11.9 Å². The van der Waals surface area contributed by atoms with E-state index in [0.717, 1.165) is 45.0 Å². The van der Waals surface area contributed by atoms with Gasteiger partial charge in [-0.1, -0.05) is 0 Å². The average molecular weight is 296 g/mol. The normalized spacial score (nSPS) is 25.2. The molecule has 2 aliphatic rings. The molecule has 2 fully saturated rings. The van der Waals surface area contributed by atoms with Crippen molar-refractivity contribution in [3.63, 3.8) is 0 Å². The van der Waals surface area contributed by atoms with Crippen LogP contribution in [0.2, 0.25) is 0 Å². The Hall–Kier alpha value is -1.30. The number of hydrogen-bond acceptors (Lipinski definition) is 4. The number of nitrogens with zero attached hydrogens (tertiary/aromatic N) is 3. The van der Waals surface area contributed by atoms with E-state index in [0.29, 0.717) is 5.92 Å². The molecule has 0 aliphatic carbocycles. The Morgan fingerprint density at radius 1 is 1.29 bits per heavy atom. The first kappa shape index (κ1) is 16.1. The molecule has 2 saturated heterocycles. The van der Waals surface area contributed by atoms with Gasteiger partial charge in [-0.15, -0.1) is 0 Å². The highest BCUT2D eigenvalue weighted by Gasteiger charge is 2.27. The molecule has 120 valence electrons. The summed E-state index contributed by atoms with van der Waals surface area (Å²) in [5, 5.41) is 3.49. The summed E-state index contributed by atoms with van der Waals surface area (Å²) < 4.78 is 4.83. The van der Waals surface area contributed by atoms with Crippen LogP contribution < -0.4 is 5.32 Å². The van der Waals surface area contributed by atoms with Crippen LogP contribution in [-0.4, -0.2) is 75.7 Å². The molecule has 1 N–H and O–H groups in total. The zero-order chi connectivity index (χ0) is 15.2. The van der Waals surface area contributed by atoms with Crippen LogP contribution in [0.5, 0.6) is 0 Å². The summed E-state index contributed by atoms with van der Waals surface area (Å²) in [6, 6.07) is 0. The van der Waals surface area contributed by atoms with Crippen LogP contribution in [0.15, 0.2) is 4.99 Å². The van der Waals surface area contributed by atoms with E-state index in [9.17, 15) is 4.79 Å². The van der Waals surface area contributed by atoms with Crippen molar-refractivity contribution < 1.29 is 9.53 Å². The number of nitrogens with one attached hydrogen (secondary N) is 1. The third-order valence-corrected chi connectivity index (χ3v) is 4.58. The second-order valence-electron chi connectivity index (χ2n) is 6.13. The summed E-state index contributed by atoms with van der Waals surface area (Å²) in [5.74, 6) is 1.65. The second kappa shape index (κ2) is 7.64. The molecule has 0 radical (unpaired) electrons. The number of carbonyl (C=O) groups is 1. The van der Waals surface area contributed by atoms with Crippen molar-refractivity contribution in [2.75, 3.05) is 53.9 Å². The SMILES string of the molecule is CN=C(NCC1CCN(C)C1)N1CCC(C(=O)OC)CC1. The van der Waals surface area contributed by atoms with Crippen LogP contribution in [0.1, 0.15) is 19.3 Å². The fourth-order valence-corrected chi connectivity index (χ4v) is 3.25. The lowest BCUT2D eigenvalue weighted by Crippen LogP contribution is -2.47. The van der Waals surface area contributed by atoms with Gasteiger partial charge in [-0.3, -0.25) is 9.79 Å². The average Bonchev–Trinajstić information content (AvgIpc) is 2.93. The zero-order valence-corrected chi connectivity index (χ0v) is 13.5. The van der Waals surface area contributed by atoms with Gasteiger partial charge in [0.15, 0.2) is 5.96 Å². The van der Waals surface area contributed by atoms with Gasteiger partial charge >= 0.3 is 5.97 Å². The number of carbonyl (C=O) groups excluding carboxylic acids is 1. The molecule has 1 unspecified atom stereocenters. The number of piperidine rings is 1. The molecule has 2 rings (SSSR count). The summed E-state index contributed by atoms with van der Waals surface area (Å²) in [6.45, 7) is 5.06. The minimum absolute atomic E-state index is 0.0489. The van der Waals surface area contributed by atoms with Crippen molar-refractivity contribution in [1.82, 2.24) is 15.1 Å². The van der Waals surface area contributed by atoms with E-state index in [1.54, 1.807) is 0 Å². The lowest BCUT2D eigenvalue weighted by molar-refractivity contribution is -0.146. The number of esters is 1. The van der Waals surface area contributed by atoms with Gasteiger partial charge in [-0.25, -0.2) is 0 Å². The number of methoxy groups -OCH3 is 1. The maximum atomic E-state index is 11.6. The first-order valence-electron chi connectivity index (χ1n) is 7.86. The monoisotopic (exact) mass is 296 g/mol. The number of ether oxygens (including phenoxy) is 1. The summed E-state index contributed by atoms with van der Waals surface area (Å²) in [6.07, 6.45) is 2.95. The summed E-state index contributed by atoms with van der Waals surface area (Å²) in [7, 11) is 5.47. The van der Waals surface area contributed by atoms with E-state index in [2.05, 4.69) is 27.2 Å². The van der Waals surface area contributed by atoms with Crippen LogP contribution in [-0.2, 0) is 9.53 Å². The van der Waals surface area contributed by atoms with Crippen molar-refractivity contribution in [1.29, 1.82) is 0 Å². The minimum Gasteiger partial charge on any atom is -0.469 e. The molecule has 0 spiro atoms. The third kappa shape index (κ3) is 4.33. The number of guanidine groups is 1. The molecule has 1 atom stereocenters. The smallest absolute Gasteiger partial charge is 0.308 e. The number of likely N-dealkylation sites (tertiary alicyclic amines) is 2. The van der Waals surface area contributed by atoms with Crippen LogP contribution >= 0.6 is 0 Å². The van der Waals surface area contributed by atoms with Gasteiger partial charge in [0.1, 0.15) is 0 Å². The van der Waals surface area contributed by atoms with Gasteiger partial charge in [-0.05, 0) is 38.8 Å². The molecule has 2 aliphatic heterocycles. The van der Waals surface area contributed by atoms with Gasteiger partial charge < -0.3 is 19.9 Å². The molecular formula is C15H28N4O2. The Morgan fingerprint density at radius 3 is 2.52 bits per heavy atom. The Kier molecular flexibility index (Phi) is 5.85. The van der Waals surface area contributed by atoms with Crippen molar-refractivity contribution in [2.24, 2.45) is 16.8 Å². The Balaban J connectivity index is 1.76. The van der Waals surface area contributed by atoms with E-state index in [1.807, 2.05) is 7.05 Å². The lowest BCUT2D eigenvalue weighted by atomic mass is 9.97. The van der Waals surface area contributed by atoms with E-state index in [4.69, 9.17) is 4.74 Å². The topological polar surface area (TPSA) is 57.2 Å². The number of hydrogen-bond donors (Lipinski definition) is 1. The molecule has 0 amide bonds. The second-order valence-corrected chi connectivity index (χ2v) is 6.13. The van der Waals surface area contributed by atoms with Crippen LogP contribution in [0.4, 0.5) is 0 Å². The highest BCUT2D eigenvalue weighted by molar-refractivity contribution is 5.80. The summed E-state index contributed by atoms with van der Waals surface area (Å²) >= 11 is 0. The van der Waals surface area contributed by atoms with Crippen LogP contribution in [0.25, 0.3) is 0 Å². The van der Waals surface area contributed by atoms with Crippen molar-refractivity contribution >= 4 is 11.9 Å². The molecule has 0 bridgehead atoms. The summed E-state index contributed by atoms with van der Waals surface area (Å²) in [4.78, 5) is 20.6. The predicted molar refractivity (Wildman–Crippen MR) is 83.3 cm³/mol. The fraction of sp³-hybridized carbons (Fsp3) is 0.867. The van der Waals surface area contributed by atoms with Crippen LogP contribution in [0, 0.1) is 11.8 Å². The molecule has 0 aromatic heterocycles. The Bertz CT molecular complexity index is 378. The van der Waals surface area contributed by atoms with Gasteiger partial charge in [-0.2, -0.15) is 0 Å². The summed E-state index contributed by atoms with van der Waals surface area (Å²) in [5.41, 5.74) is 0. The maximum absolute atomic E-state index is 11.6. The zero-order valence-electron chi connectivity index (χ0n) is 13.5. The molecular weight excluding hydrogens is 268 g/mol. The molecule has 2 heterocycles. The molecule has 0 aromatic rings. The van der Waals surface area contributed by atoms with Gasteiger partial charge in [0.25, 0.3) is 0 Å². The Morgan fingerprint density at radius 2 is 2.00 bits per heavy atom. The van der Waals surface area contributed by atoms with E-state index < -0.39 is 0 Å². The predicted octanol–water partition coefficient (Wildman–Crippen LogP) is 0.399. The lowest BCUT2D eigenvalue weighted by Gasteiger charge is -2.33. The standard InChI is InChI=1S/C15H28N4O2/c1-16-15(17-10-12-4-7-18(2)11-12)19-8-5-13(6-9-19)14(20)21-3/h12-13H,4-11H2,1-3H3,(H,16,17). The van der Waals surface area contributed by atoms with Crippen LogP contribution in [0.3, 0.4) is 0 Å².